The number of aromatic nitrogens is 2. The molecule has 3 aromatic rings. The topological polar surface area (TPSA) is 76.5 Å². The SMILES string of the molecule is CC[C@@H](C)c1ccc(NC(=O)Cn2c(CN3CCOCC3)nc3sc4c(c3c2=O)CCCC4)cc1. The molecule has 5 rings (SSSR count). The van der Waals surface area contributed by atoms with Gasteiger partial charge in [-0.05, 0) is 61.3 Å². The molecule has 8 heteroatoms. The normalized spacial score (nSPS) is 17.3. The van der Waals surface area contributed by atoms with Crippen molar-refractivity contribution in [2.75, 3.05) is 31.6 Å². The Morgan fingerprint density at radius 2 is 1.91 bits per heavy atom. The number of ether oxygens (including phenoxy) is 1. The molecule has 1 N–H and O–H groups in total. The zero-order chi connectivity index (χ0) is 24.4. The first-order chi connectivity index (χ1) is 17.0. The van der Waals surface area contributed by atoms with Gasteiger partial charge in [0.2, 0.25) is 5.91 Å². The van der Waals surface area contributed by atoms with Gasteiger partial charge in [-0.2, -0.15) is 0 Å². The molecule has 2 aromatic heterocycles. The van der Waals surface area contributed by atoms with E-state index in [-0.39, 0.29) is 18.0 Å². The van der Waals surface area contributed by atoms with Gasteiger partial charge in [-0.15, -0.1) is 11.3 Å². The van der Waals surface area contributed by atoms with Crippen LogP contribution in [0.15, 0.2) is 29.1 Å². The number of carbonyl (C=O) groups excluding carboxylic acids is 1. The van der Waals surface area contributed by atoms with Gasteiger partial charge in [-0.1, -0.05) is 26.0 Å². The number of rotatable bonds is 7. The first-order valence-electron chi connectivity index (χ1n) is 12.8. The molecule has 1 amide bonds. The Balaban J connectivity index is 1.44. The van der Waals surface area contributed by atoms with Gasteiger partial charge in [-0.3, -0.25) is 19.1 Å². The van der Waals surface area contributed by atoms with Crippen molar-refractivity contribution in [3.8, 4) is 0 Å². The van der Waals surface area contributed by atoms with Crippen LogP contribution >= 0.6 is 11.3 Å². The number of anilines is 1. The van der Waals surface area contributed by atoms with Crippen molar-refractivity contribution in [3.63, 3.8) is 0 Å². The van der Waals surface area contributed by atoms with E-state index in [0.29, 0.717) is 31.5 Å². The number of nitrogens with one attached hydrogen (secondary N) is 1. The lowest BCUT2D eigenvalue weighted by atomic mass is 9.97. The third-order valence-corrected chi connectivity index (χ3v) is 8.49. The molecule has 1 saturated heterocycles. The van der Waals surface area contributed by atoms with E-state index in [1.807, 2.05) is 12.1 Å². The van der Waals surface area contributed by atoms with E-state index in [2.05, 4.69) is 36.2 Å². The van der Waals surface area contributed by atoms with Gasteiger partial charge >= 0.3 is 0 Å². The maximum Gasteiger partial charge on any atom is 0.263 e. The van der Waals surface area contributed by atoms with Gasteiger partial charge in [0.05, 0.1) is 25.1 Å². The summed E-state index contributed by atoms with van der Waals surface area (Å²) in [5.74, 6) is 0.928. The first kappa shape index (κ1) is 24.2. The molecule has 0 radical (unpaired) electrons. The van der Waals surface area contributed by atoms with Crippen LogP contribution in [0.4, 0.5) is 5.69 Å². The molecule has 1 aliphatic heterocycles. The molecule has 2 aliphatic rings. The van der Waals surface area contributed by atoms with Crippen LogP contribution in [0.5, 0.6) is 0 Å². The summed E-state index contributed by atoms with van der Waals surface area (Å²) in [4.78, 5) is 36.2. The lowest BCUT2D eigenvalue weighted by Gasteiger charge is -2.27. The first-order valence-corrected chi connectivity index (χ1v) is 13.6. The Morgan fingerprint density at radius 3 is 2.66 bits per heavy atom. The molecule has 0 bridgehead atoms. The molecule has 0 saturated carbocycles. The Kier molecular flexibility index (Phi) is 7.32. The predicted molar refractivity (Wildman–Crippen MR) is 140 cm³/mol. The standard InChI is InChI=1S/C27H34N4O3S/c1-3-18(2)19-8-10-20(11-9-19)28-24(32)17-31-23(16-30-12-14-34-15-13-30)29-26-25(27(31)33)21-6-4-5-7-22(21)35-26/h8-11,18H,3-7,12-17H2,1-2H3,(H,28,32)/t18-/m1/s1. The van der Waals surface area contributed by atoms with Gasteiger partial charge in [0.1, 0.15) is 17.2 Å². The van der Waals surface area contributed by atoms with Crippen molar-refractivity contribution in [2.45, 2.75) is 65.0 Å². The van der Waals surface area contributed by atoms with Crippen LogP contribution in [0, 0.1) is 0 Å². The number of benzene rings is 1. The second kappa shape index (κ2) is 10.6. The molecule has 1 fully saturated rings. The highest BCUT2D eigenvalue weighted by molar-refractivity contribution is 7.18. The monoisotopic (exact) mass is 494 g/mol. The zero-order valence-corrected chi connectivity index (χ0v) is 21.5. The van der Waals surface area contributed by atoms with E-state index in [4.69, 9.17) is 9.72 Å². The minimum Gasteiger partial charge on any atom is -0.379 e. The van der Waals surface area contributed by atoms with Crippen molar-refractivity contribution in [2.24, 2.45) is 0 Å². The number of hydrogen-bond acceptors (Lipinski definition) is 6. The number of morpholine rings is 1. The predicted octanol–water partition coefficient (Wildman–Crippen LogP) is 4.32. The van der Waals surface area contributed by atoms with E-state index in [0.717, 1.165) is 66.7 Å². The molecule has 1 aromatic carbocycles. The average Bonchev–Trinajstić information content (AvgIpc) is 3.25. The van der Waals surface area contributed by atoms with E-state index < -0.39 is 0 Å². The minimum atomic E-state index is -0.211. The molecular formula is C27H34N4O3S. The quantitative estimate of drug-likeness (QED) is 0.529. The van der Waals surface area contributed by atoms with Gasteiger partial charge in [0, 0.05) is 23.7 Å². The summed E-state index contributed by atoms with van der Waals surface area (Å²) in [5.41, 5.74) is 3.07. The molecule has 0 spiro atoms. The summed E-state index contributed by atoms with van der Waals surface area (Å²) in [6.45, 7) is 7.80. The summed E-state index contributed by atoms with van der Waals surface area (Å²) >= 11 is 1.66. The maximum atomic E-state index is 13.8. The van der Waals surface area contributed by atoms with Gasteiger partial charge in [0.15, 0.2) is 0 Å². The van der Waals surface area contributed by atoms with E-state index in [1.54, 1.807) is 15.9 Å². The maximum absolute atomic E-state index is 13.8. The molecule has 0 unspecified atom stereocenters. The number of nitrogens with zero attached hydrogens (tertiary/aromatic N) is 3. The van der Waals surface area contributed by atoms with E-state index in [9.17, 15) is 9.59 Å². The van der Waals surface area contributed by atoms with Crippen molar-refractivity contribution in [3.05, 3.63) is 56.4 Å². The Morgan fingerprint density at radius 1 is 1.17 bits per heavy atom. The molecular weight excluding hydrogens is 460 g/mol. The Bertz CT molecular complexity index is 1260. The fraction of sp³-hybridized carbons (Fsp3) is 0.519. The average molecular weight is 495 g/mol. The molecule has 1 atom stereocenters. The number of fused-ring (bicyclic) bond motifs is 3. The van der Waals surface area contributed by atoms with Crippen LogP contribution in [0.25, 0.3) is 10.2 Å². The van der Waals surface area contributed by atoms with Crippen molar-refractivity contribution < 1.29 is 9.53 Å². The lowest BCUT2D eigenvalue weighted by Crippen LogP contribution is -2.39. The third-order valence-electron chi connectivity index (χ3n) is 7.30. The summed E-state index contributed by atoms with van der Waals surface area (Å²) in [7, 11) is 0. The smallest absolute Gasteiger partial charge is 0.263 e. The van der Waals surface area contributed by atoms with Crippen LogP contribution in [0.3, 0.4) is 0 Å². The highest BCUT2D eigenvalue weighted by atomic mass is 32.1. The van der Waals surface area contributed by atoms with Crippen LogP contribution in [-0.2, 0) is 35.5 Å². The number of thiophene rings is 1. The lowest BCUT2D eigenvalue weighted by molar-refractivity contribution is -0.116. The summed E-state index contributed by atoms with van der Waals surface area (Å²) in [5, 5.41) is 3.70. The highest BCUT2D eigenvalue weighted by Gasteiger charge is 2.24. The van der Waals surface area contributed by atoms with Crippen molar-refractivity contribution in [1.82, 2.24) is 14.5 Å². The summed E-state index contributed by atoms with van der Waals surface area (Å²) in [6, 6.07) is 8.00. The van der Waals surface area contributed by atoms with Crippen LogP contribution in [-0.4, -0.2) is 46.7 Å². The van der Waals surface area contributed by atoms with Gasteiger partial charge in [-0.25, -0.2) is 4.98 Å². The molecule has 3 heterocycles. The largest absolute Gasteiger partial charge is 0.379 e. The van der Waals surface area contributed by atoms with Crippen molar-refractivity contribution >= 4 is 33.1 Å². The minimum absolute atomic E-state index is 0.0425. The molecule has 1 aliphatic carbocycles. The van der Waals surface area contributed by atoms with E-state index >= 15 is 0 Å². The highest BCUT2D eigenvalue weighted by Crippen LogP contribution is 2.34. The number of hydrogen-bond donors (Lipinski definition) is 1. The molecule has 35 heavy (non-hydrogen) atoms. The number of amides is 1. The van der Waals surface area contributed by atoms with Crippen LogP contribution in [0.2, 0.25) is 0 Å². The second-order valence-electron chi connectivity index (χ2n) is 9.68. The van der Waals surface area contributed by atoms with Crippen LogP contribution < -0.4 is 10.9 Å². The fourth-order valence-corrected chi connectivity index (χ4v) is 6.27. The fourth-order valence-electron chi connectivity index (χ4n) is 5.00. The van der Waals surface area contributed by atoms with Gasteiger partial charge < -0.3 is 10.1 Å². The zero-order valence-electron chi connectivity index (χ0n) is 20.6. The van der Waals surface area contributed by atoms with Crippen molar-refractivity contribution in [1.29, 1.82) is 0 Å². The van der Waals surface area contributed by atoms with E-state index in [1.165, 1.54) is 10.4 Å². The van der Waals surface area contributed by atoms with Crippen LogP contribution in [0.1, 0.15) is 60.9 Å². The molecule has 186 valence electrons. The van der Waals surface area contributed by atoms with Gasteiger partial charge in [0.25, 0.3) is 5.56 Å². The Hall–Kier alpha value is -2.55. The number of carbonyl (C=O) groups is 1. The summed E-state index contributed by atoms with van der Waals surface area (Å²) in [6.07, 6.45) is 5.27. The third kappa shape index (κ3) is 5.20. The second-order valence-corrected chi connectivity index (χ2v) is 10.8. The molecule has 7 nitrogen and oxygen atoms in total. The summed E-state index contributed by atoms with van der Waals surface area (Å²) < 4.78 is 7.08. The Labute approximate surface area is 210 Å². The number of aryl methyl sites for hydroxylation is 2.